The lowest BCUT2D eigenvalue weighted by Gasteiger charge is -1.97. The summed E-state index contributed by atoms with van der Waals surface area (Å²) in [5, 5.41) is 3.71. The summed E-state index contributed by atoms with van der Waals surface area (Å²) in [4.78, 5) is 10.9. The van der Waals surface area contributed by atoms with Crippen molar-refractivity contribution in [1.29, 1.82) is 0 Å². The Bertz CT molecular complexity index is 367. The first-order chi connectivity index (χ1) is 7.19. The molecule has 1 aromatic heterocycles. The Balaban J connectivity index is 2.87. The smallest absolute Gasteiger partial charge is 0.330 e. The first-order valence-corrected chi connectivity index (χ1v) is 4.54. The third-order valence-electron chi connectivity index (χ3n) is 1.74. The van der Waals surface area contributed by atoms with Crippen molar-refractivity contribution in [1.82, 2.24) is 5.16 Å². The first-order valence-electron chi connectivity index (χ1n) is 4.54. The highest BCUT2D eigenvalue weighted by molar-refractivity contribution is 5.87. The molecule has 1 rings (SSSR count). The van der Waals surface area contributed by atoms with E-state index in [-0.39, 0.29) is 0 Å². The minimum Gasteiger partial charge on any atom is -0.475 e. The van der Waals surface area contributed by atoms with Gasteiger partial charge in [0.05, 0.1) is 19.3 Å². The molecule has 82 valence electrons. The zero-order valence-electron chi connectivity index (χ0n) is 8.94. The molecule has 0 N–H and O–H groups in total. The Morgan fingerprint density at radius 3 is 2.93 bits per heavy atom. The van der Waals surface area contributed by atoms with E-state index in [4.69, 9.17) is 9.26 Å². The van der Waals surface area contributed by atoms with Crippen LogP contribution in [0, 0.1) is 6.92 Å². The van der Waals surface area contributed by atoms with Crippen LogP contribution in [-0.2, 0) is 9.53 Å². The molecule has 0 saturated carbocycles. The van der Waals surface area contributed by atoms with Crippen molar-refractivity contribution in [3.05, 3.63) is 17.4 Å². The minimum atomic E-state index is -0.432. The van der Waals surface area contributed by atoms with E-state index in [1.807, 2.05) is 6.92 Å². The maximum atomic E-state index is 10.9. The fourth-order valence-corrected chi connectivity index (χ4v) is 1.01. The summed E-state index contributed by atoms with van der Waals surface area (Å²) >= 11 is 0. The van der Waals surface area contributed by atoms with Crippen LogP contribution in [0.1, 0.15) is 18.2 Å². The molecule has 0 bridgehead atoms. The van der Waals surface area contributed by atoms with Crippen LogP contribution in [0.2, 0.25) is 0 Å². The number of carbonyl (C=O) groups excluding carboxylic acids is 1. The van der Waals surface area contributed by atoms with Gasteiger partial charge >= 0.3 is 5.97 Å². The molecule has 1 heterocycles. The second-order valence-corrected chi connectivity index (χ2v) is 2.75. The summed E-state index contributed by atoms with van der Waals surface area (Å²) in [5.74, 6) is 0.548. The highest BCUT2D eigenvalue weighted by Gasteiger charge is 2.10. The summed E-state index contributed by atoms with van der Waals surface area (Å²) in [6.45, 7) is 4.08. The van der Waals surface area contributed by atoms with E-state index in [0.717, 1.165) is 0 Å². The standard InChI is InChI=1S/C10H13NO4/c1-4-14-10-8(7(2)15-11-10)5-6-9(12)13-3/h5-6H,4H2,1-3H3/b6-5+. The number of ether oxygens (including phenoxy) is 2. The Labute approximate surface area is 87.7 Å². The van der Waals surface area contributed by atoms with Crippen LogP contribution in [0.5, 0.6) is 5.88 Å². The second-order valence-electron chi connectivity index (χ2n) is 2.75. The Morgan fingerprint density at radius 1 is 1.60 bits per heavy atom. The van der Waals surface area contributed by atoms with E-state index < -0.39 is 5.97 Å². The Morgan fingerprint density at radius 2 is 2.33 bits per heavy atom. The van der Waals surface area contributed by atoms with Crippen molar-refractivity contribution < 1.29 is 18.8 Å². The van der Waals surface area contributed by atoms with E-state index in [2.05, 4.69) is 9.89 Å². The van der Waals surface area contributed by atoms with Crippen molar-refractivity contribution in [3.8, 4) is 5.88 Å². The maximum absolute atomic E-state index is 10.9. The summed E-state index contributed by atoms with van der Waals surface area (Å²) < 4.78 is 14.6. The molecular weight excluding hydrogens is 198 g/mol. The number of esters is 1. The number of rotatable bonds is 4. The molecule has 0 amide bonds. The molecule has 0 aliphatic rings. The number of hydrogen-bond donors (Lipinski definition) is 0. The van der Waals surface area contributed by atoms with E-state index in [1.54, 1.807) is 13.0 Å². The molecule has 0 aromatic carbocycles. The molecular formula is C10H13NO4. The lowest BCUT2D eigenvalue weighted by atomic mass is 10.2. The number of aryl methyl sites for hydroxylation is 1. The van der Waals surface area contributed by atoms with Gasteiger partial charge in [0.1, 0.15) is 5.76 Å². The van der Waals surface area contributed by atoms with Crippen LogP contribution < -0.4 is 4.74 Å². The Kier molecular flexibility index (Phi) is 3.91. The van der Waals surface area contributed by atoms with Gasteiger partial charge in [0.15, 0.2) is 0 Å². The highest BCUT2D eigenvalue weighted by Crippen LogP contribution is 2.22. The van der Waals surface area contributed by atoms with E-state index in [1.165, 1.54) is 13.2 Å². The summed E-state index contributed by atoms with van der Waals surface area (Å²) in [7, 11) is 1.32. The minimum absolute atomic E-state index is 0.384. The van der Waals surface area contributed by atoms with Crippen LogP contribution in [0.3, 0.4) is 0 Å². The van der Waals surface area contributed by atoms with Crippen molar-refractivity contribution in [2.24, 2.45) is 0 Å². The predicted octanol–water partition coefficient (Wildman–Crippen LogP) is 1.57. The molecule has 1 aromatic rings. The third-order valence-corrected chi connectivity index (χ3v) is 1.74. The van der Waals surface area contributed by atoms with Crippen LogP contribution in [0.4, 0.5) is 0 Å². The molecule has 5 nitrogen and oxygen atoms in total. The van der Waals surface area contributed by atoms with Gasteiger partial charge in [-0.05, 0) is 25.1 Å². The molecule has 0 unspecified atom stereocenters. The van der Waals surface area contributed by atoms with Gasteiger partial charge in [-0.3, -0.25) is 0 Å². The SMILES string of the molecule is CCOc1noc(C)c1/C=C/C(=O)OC. The maximum Gasteiger partial charge on any atom is 0.330 e. The van der Waals surface area contributed by atoms with Gasteiger partial charge in [0, 0.05) is 6.08 Å². The largest absolute Gasteiger partial charge is 0.475 e. The van der Waals surface area contributed by atoms with E-state index >= 15 is 0 Å². The van der Waals surface area contributed by atoms with Crippen LogP contribution in [0.15, 0.2) is 10.6 Å². The molecule has 0 fully saturated rings. The number of nitrogens with zero attached hydrogens (tertiary/aromatic N) is 1. The predicted molar refractivity (Wildman–Crippen MR) is 53.5 cm³/mol. The van der Waals surface area contributed by atoms with Crippen molar-refractivity contribution in [2.75, 3.05) is 13.7 Å². The average molecular weight is 211 g/mol. The van der Waals surface area contributed by atoms with Crippen molar-refractivity contribution >= 4 is 12.0 Å². The topological polar surface area (TPSA) is 61.6 Å². The van der Waals surface area contributed by atoms with Crippen LogP contribution in [-0.4, -0.2) is 24.8 Å². The van der Waals surface area contributed by atoms with Crippen molar-refractivity contribution in [3.63, 3.8) is 0 Å². The van der Waals surface area contributed by atoms with Gasteiger partial charge in [-0.2, -0.15) is 0 Å². The molecule has 0 atom stereocenters. The van der Waals surface area contributed by atoms with Gasteiger partial charge in [-0.1, -0.05) is 0 Å². The third kappa shape index (κ3) is 2.83. The monoisotopic (exact) mass is 211 g/mol. The zero-order chi connectivity index (χ0) is 11.3. The molecule has 5 heteroatoms. The fraction of sp³-hybridized carbons (Fsp3) is 0.400. The van der Waals surface area contributed by atoms with Gasteiger partial charge in [-0.15, -0.1) is 0 Å². The van der Waals surface area contributed by atoms with Crippen LogP contribution >= 0.6 is 0 Å². The van der Waals surface area contributed by atoms with Gasteiger partial charge in [0.2, 0.25) is 0 Å². The second kappa shape index (κ2) is 5.19. The molecule has 0 radical (unpaired) electrons. The Hall–Kier alpha value is -1.78. The highest BCUT2D eigenvalue weighted by atomic mass is 16.5. The normalized spacial score (nSPS) is 10.6. The lowest BCUT2D eigenvalue weighted by molar-refractivity contribution is -0.134. The van der Waals surface area contributed by atoms with E-state index in [9.17, 15) is 4.79 Å². The zero-order valence-corrected chi connectivity index (χ0v) is 8.94. The van der Waals surface area contributed by atoms with Crippen molar-refractivity contribution in [2.45, 2.75) is 13.8 Å². The summed E-state index contributed by atoms with van der Waals surface area (Å²) in [5.41, 5.74) is 0.655. The average Bonchev–Trinajstić information content (AvgIpc) is 2.57. The van der Waals surface area contributed by atoms with Gasteiger partial charge in [0.25, 0.3) is 5.88 Å². The number of carbonyl (C=O) groups is 1. The van der Waals surface area contributed by atoms with E-state index in [0.29, 0.717) is 23.8 Å². The summed E-state index contributed by atoms with van der Waals surface area (Å²) in [6.07, 6.45) is 2.85. The lowest BCUT2D eigenvalue weighted by Crippen LogP contribution is -1.95. The quantitative estimate of drug-likeness (QED) is 0.558. The van der Waals surface area contributed by atoms with Gasteiger partial charge < -0.3 is 14.0 Å². The van der Waals surface area contributed by atoms with Crippen LogP contribution in [0.25, 0.3) is 6.08 Å². The molecule has 0 aliphatic carbocycles. The molecule has 0 spiro atoms. The van der Waals surface area contributed by atoms with Gasteiger partial charge in [-0.25, -0.2) is 4.79 Å². The molecule has 0 saturated heterocycles. The molecule has 15 heavy (non-hydrogen) atoms. The fourth-order valence-electron chi connectivity index (χ4n) is 1.01. The number of hydrogen-bond acceptors (Lipinski definition) is 5. The number of methoxy groups -OCH3 is 1. The number of aromatic nitrogens is 1. The first kappa shape index (κ1) is 11.3. The molecule has 0 aliphatic heterocycles. The summed E-state index contributed by atoms with van der Waals surface area (Å²) in [6, 6.07) is 0.